The van der Waals surface area contributed by atoms with E-state index >= 15 is 0 Å². The second kappa shape index (κ2) is 5.43. The molecule has 0 radical (unpaired) electrons. The summed E-state index contributed by atoms with van der Waals surface area (Å²) in [5.41, 5.74) is 10.1. The predicted octanol–water partition coefficient (Wildman–Crippen LogP) is 3.73. The number of carbonyl (C=O) groups excluding carboxylic acids is 1. The monoisotopic (exact) mass is 311 g/mol. The van der Waals surface area contributed by atoms with Crippen molar-refractivity contribution in [2.24, 2.45) is 5.73 Å². The van der Waals surface area contributed by atoms with Crippen molar-refractivity contribution >= 4 is 22.5 Å². The zero-order valence-corrected chi connectivity index (χ0v) is 13.3. The van der Waals surface area contributed by atoms with Gasteiger partial charge in [-0.2, -0.15) is 0 Å². The van der Waals surface area contributed by atoms with Crippen LogP contribution in [0.3, 0.4) is 0 Å². The Bertz CT molecular complexity index is 928. The van der Waals surface area contributed by atoms with Crippen molar-refractivity contribution in [2.45, 2.75) is 13.8 Å². The van der Waals surface area contributed by atoms with E-state index in [0.29, 0.717) is 5.52 Å². The zero-order valence-electron chi connectivity index (χ0n) is 13.3. The molecule has 23 heavy (non-hydrogen) atoms. The lowest BCUT2D eigenvalue weighted by Crippen LogP contribution is -2.14. The quantitative estimate of drug-likeness (QED) is 0.689. The average molecular weight is 311 g/mol. The van der Waals surface area contributed by atoms with Crippen LogP contribution >= 0.6 is 0 Å². The number of halogens is 1. The Morgan fingerprint density at radius 1 is 1.26 bits per heavy atom. The molecule has 4 N–H and O–H groups in total. The van der Waals surface area contributed by atoms with Gasteiger partial charge in [-0.05, 0) is 48.7 Å². The van der Waals surface area contributed by atoms with Gasteiger partial charge in [-0.15, -0.1) is 0 Å². The number of aromatic amines is 1. The molecule has 0 aliphatic carbocycles. The standard InChI is InChI=1S/C18H18FN3O/c1-9-10(2)22-17-15(9)13(8-14(19)16(17)18(20)23)11-5-4-6-12(7-11)21-3/h4-8,21-22H,1-3H3,(H2,20,23). The number of fused-ring (bicyclic) bond motifs is 1. The summed E-state index contributed by atoms with van der Waals surface area (Å²) in [6.45, 7) is 3.84. The molecule has 0 aliphatic rings. The Morgan fingerprint density at radius 3 is 2.65 bits per heavy atom. The first-order valence-electron chi connectivity index (χ1n) is 7.33. The van der Waals surface area contributed by atoms with Gasteiger partial charge in [0.15, 0.2) is 0 Å². The van der Waals surface area contributed by atoms with Gasteiger partial charge in [-0.3, -0.25) is 4.79 Å². The van der Waals surface area contributed by atoms with E-state index in [0.717, 1.165) is 33.5 Å². The maximum Gasteiger partial charge on any atom is 0.253 e. The number of nitrogens with two attached hydrogens (primary N) is 1. The highest BCUT2D eigenvalue weighted by molar-refractivity contribution is 6.11. The molecule has 3 rings (SSSR count). The zero-order chi connectivity index (χ0) is 16.7. The minimum atomic E-state index is -0.774. The topological polar surface area (TPSA) is 70.9 Å². The number of primary amides is 1. The van der Waals surface area contributed by atoms with E-state index in [4.69, 9.17) is 5.73 Å². The molecule has 0 saturated heterocycles. The number of benzene rings is 2. The smallest absolute Gasteiger partial charge is 0.253 e. The number of H-pyrrole nitrogens is 1. The molecule has 1 heterocycles. The average Bonchev–Trinajstić information content (AvgIpc) is 2.81. The first-order valence-corrected chi connectivity index (χ1v) is 7.33. The van der Waals surface area contributed by atoms with Crippen LogP contribution in [0.15, 0.2) is 30.3 Å². The number of hydrogen-bond acceptors (Lipinski definition) is 2. The normalized spacial score (nSPS) is 11.0. The molecule has 1 aromatic heterocycles. The van der Waals surface area contributed by atoms with Gasteiger partial charge >= 0.3 is 0 Å². The lowest BCUT2D eigenvalue weighted by Gasteiger charge is -2.10. The molecule has 5 heteroatoms. The van der Waals surface area contributed by atoms with E-state index in [1.54, 1.807) is 0 Å². The van der Waals surface area contributed by atoms with Gasteiger partial charge in [0, 0.05) is 23.8 Å². The third-order valence-electron chi connectivity index (χ3n) is 4.24. The van der Waals surface area contributed by atoms with Crippen LogP contribution in [0.2, 0.25) is 0 Å². The van der Waals surface area contributed by atoms with Crippen LogP contribution < -0.4 is 11.1 Å². The molecule has 0 unspecified atom stereocenters. The number of anilines is 1. The highest BCUT2D eigenvalue weighted by Crippen LogP contribution is 2.36. The Balaban J connectivity index is 2.42. The third kappa shape index (κ3) is 2.34. The van der Waals surface area contributed by atoms with E-state index in [1.165, 1.54) is 6.07 Å². The van der Waals surface area contributed by atoms with Crippen molar-refractivity contribution in [1.29, 1.82) is 0 Å². The summed E-state index contributed by atoms with van der Waals surface area (Å²) in [6.07, 6.45) is 0. The number of aromatic nitrogens is 1. The van der Waals surface area contributed by atoms with E-state index in [1.807, 2.05) is 45.2 Å². The highest BCUT2D eigenvalue weighted by atomic mass is 19.1. The summed E-state index contributed by atoms with van der Waals surface area (Å²) in [6, 6.07) is 9.09. The van der Waals surface area contributed by atoms with Crippen molar-refractivity contribution in [3.05, 3.63) is 53.0 Å². The maximum atomic E-state index is 14.5. The molecule has 0 bridgehead atoms. The molecule has 2 aromatic carbocycles. The van der Waals surface area contributed by atoms with Crippen molar-refractivity contribution in [3.8, 4) is 11.1 Å². The van der Waals surface area contributed by atoms with Crippen LogP contribution in [0.25, 0.3) is 22.0 Å². The first-order chi connectivity index (χ1) is 10.9. The highest BCUT2D eigenvalue weighted by Gasteiger charge is 2.21. The maximum absolute atomic E-state index is 14.5. The van der Waals surface area contributed by atoms with Gasteiger partial charge in [-0.25, -0.2) is 4.39 Å². The molecule has 118 valence electrons. The van der Waals surface area contributed by atoms with Crippen LogP contribution in [-0.2, 0) is 0 Å². The number of aryl methyl sites for hydroxylation is 2. The summed E-state index contributed by atoms with van der Waals surface area (Å²) in [5, 5.41) is 3.90. The summed E-state index contributed by atoms with van der Waals surface area (Å²) in [7, 11) is 1.83. The summed E-state index contributed by atoms with van der Waals surface area (Å²) < 4.78 is 14.5. The summed E-state index contributed by atoms with van der Waals surface area (Å²) in [4.78, 5) is 14.8. The lowest BCUT2D eigenvalue weighted by molar-refractivity contribution is 0.0998. The fraction of sp³-hybridized carbons (Fsp3) is 0.167. The van der Waals surface area contributed by atoms with Gasteiger partial charge < -0.3 is 16.0 Å². The van der Waals surface area contributed by atoms with Crippen molar-refractivity contribution in [3.63, 3.8) is 0 Å². The van der Waals surface area contributed by atoms with E-state index in [9.17, 15) is 9.18 Å². The van der Waals surface area contributed by atoms with Gasteiger partial charge in [0.25, 0.3) is 5.91 Å². The second-order valence-corrected chi connectivity index (χ2v) is 5.60. The fourth-order valence-corrected chi connectivity index (χ4v) is 2.94. The number of amides is 1. The van der Waals surface area contributed by atoms with Gasteiger partial charge in [0.2, 0.25) is 0 Å². The van der Waals surface area contributed by atoms with Crippen LogP contribution in [-0.4, -0.2) is 17.9 Å². The van der Waals surface area contributed by atoms with Gasteiger partial charge in [0.05, 0.1) is 11.1 Å². The third-order valence-corrected chi connectivity index (χ3v) is 4.24. The minimum absolute atomic E-state index is 0.0929. The van der Waals surface area contributed by atoms with Crippen molar-refractivity contribution in [1.82, 2.24) is 4.98 Å². The van der Waals surface area contributed by atoms with Crippen molar-refractivity contribution < 1.29 is 9.18 Å². The molecule has 0 atom stereocenters. The SMILES string of the molecule is CNc1cccc(-c2cc(F)c(C(N)=O)c3[nH]c(C)c(C)c23)c1. The lowest BCUT2D eigenvalue weighted by atomic mass is 9.95. The number of carbonyl (C=O) groups is 1. The van der Waals surface area contributed by atoms with Gasteiger partial charge in [-0.1, -0.05) is 12.1 Å². The van der Waals surface area contributed by atoms with Crippen LogP contribution in [0.4, 0.5) is 10.1 Å². The van der Waals surface area contributed by atoms with Gasteiger partial charge in [0.1, 0.15) is 5.82 Å². The van der Waals surface area contributed by atoms with E-state index < -0.39 is 11.7 Å². The molecule has 0 aliphatic heterocycles. The summed E-state index contributed by atoms with van der Waals surface area (Å²) >= 11 is 0. The number of rotatable bonds is 3. The molecule has 1 amide bonds. The van der Waals surface area contributed by atoms with Crippen molar-refractivity contribution in [2.75, 3.05) is 12.4 Å². The van der Waals surface area contributed by atoms with Crippen LogP contribution in [0.1, 0.15) is 21.6 Å². The molecule has 3 aromatic rings. The second-order valence-electron chi connectivity index (χ2n) is 5.60. The molecule has 0 saturated carbocycles. The Labute approximate surface area is 133 Å². The number of nitrogens with one attached hydrogen (secondary N) is 2. The molecule has 0 fully saturated rings. The molecule has 4 nitrogen and oxygen atoms in total. The molecule has 0 spiro atoms. The van der Waals surface area contributed by atoms with Crippen LogP contribution in [0.5, 0.6) is 0 Å². The fourth-order valence-electron chi connectivity index (χ4n) is 2.94. The predicted molar refractivity (Wildman–Crippen MR) is 91.2 cm³/mol. The molecular formula is C18H18FN3O. The largest absolute Gasteiger partial charge is 0.388 e. The Kier molecular flexibility index (Phi) is 3.56. The van der Waals surface area contributed by atoms with E-state index in [2.05, 4.69) is 10.3 Å². The summed E-state index contributed by atoms with van der Waals surface area (Å²) in [5.74, 6) is -1.39. The minimum Gasteiger partial charge on any atom is -0.388 e. The number of hydrogen-bond donors (Lipinski definition) is 3. The Morgan fingerprint density at radius 2 is 2.00 bits per heavy atom. The first kappa shape index (κ1) is 15.1. The Hall–Kier alpha value is -2.82. The molecular weight excluding hydrogens is 293 g/mol. The van der Waals surface area contributed by atoms with Crippen LogP contribution in [0, 0.1) is 19.7 Å². The van der Waals surface area contributed by atoms with E-state index in [-0.39, 0.29) is 5.56 Å².